The number of fused-ring (bicyclic) bond motifs is 1. The van der Waals surface area contributed by atoms with E-state index in [0.717, 1.165) is 33.4 Å². The van der Waals surface area contributed by atoms with Crippen LogP contribution in [0.5, 0.6) is 0 Å². The zero-order valence-electron chi connectivity index (χ0n) is 12.9. The van der Waals surface area contributed by atoms with Crippen molar-refractivity contribution in [2.45, 2.75) is 6.42 Å². The molecule has 0 bridgehead atoms. The average Bonchev–Trinajstić information content (AvgIpc) is 3.25. The lowest BCUT2D eigenvalue weighted by atomic mass is 10.1. The Hall–Kier alpha value is -3.34. The monoisotopic (exact) mass is 316 g/mol. The Morgan fingerprint density at radius 2 is 1.96 bits per heavy atom. The topological polar surface area (TPSA) is 73.6 Å². The quantitative estimate of drug-likeness (QED) is 0.536. The van der Waals surface area contributed by atoms with E-state index in [9.17, 15) is 4.79 Å². The number of nitrogens with one attached hydrogen (secondary N) is 3. The second-order valence-electron chi connectivity index (χ2n) is 5.65. The van der Waals surface area contributed by atoms with Gasteiger partial charge in [-0.25, -0.2) is 0 Å². The Morgan fingerprint density at radius 1 is 1.08 bits per heavy atom. The van der Waals surface area contributed by atoms with Gasteiger partial charge in [0.05, 0.1) is 18.3 Å². The van der Waals surface area contributed by atoms with Gasteiger partial charge in [0.1, 0.15) is 0 Å². The number of hydrogen-bond donors (Lipinski definition) is 3. The molecule has 3 N–H and O–H groups in total. The molecule has 0 unspecified atom stereocenters. The second kappa shape index (κ2) is 6.04. The van der Waals surface area contributed by atoms with Crippen molar-refractivity contribution in [2.75, 3.05) is 5.32 Å². The summed E-state index contributed by atoms with van der Waals surface area (Å²) in [6.07, 6.45) is 3.95. The van der Waals surface area contributed by atoms with Crippen LogP contribution in [0.3, 0.4) is 0 Å². The van der Waals surface area contributed by atoms with Crippen LogP contribution in [0.1, 0.15) is 5.56 Å². The van der Waals surface area contributed by atoms with Crippen molar-refractivity contribution >= 4 is 22.5 Å². The summed E-state index contributed by atoms with van der Waals surface area (Å²) in [6, 6.07) is 17.6. The van der Waals surface area contributed by atoms with Gasteiger partial charge in [0.2, 0.25) is 5.91 Å². The minimum absolute atomic E-state index is 0.0280. The number of carbonyl (C=O) groups excluding carboxylic acids is 1. The van der Waals surface area contributed by atoms with Gasteiger partial charge in [0.25, 0.3) is 0 Å². The summed E-state index contributed by atoms with van der Waals surface area (Å²) in [5.74, 6) is -0.0280. The Balaban J connectivity index is 1.61. The van der Waals surface area contributed by atoms with Crippen LogP contribution in [0, 0.1) is 0 Å². The van der Waals surface area contributed by atoms with E-state index in [0.29, 0.717) is 6.42 Å². The van der Waals surface area contributed by atoms with Gasteiger partial charge in [-0.15, -0.1) is 0 Å². The molecule has 0 fully saturated rings. The highest BCUT2D eigenvalue weighted by molar-refractivity contribution is 6.03. The fourth-order valence-electron chi connectivity index (χ4n) is 2.79. The largest absolute Gasteiger partial charge is 0.354 e. The Morgan fingerprint density at radius 3 is 2.75 bits per heavy atom. The smallest absolute Gasteiger partial charge is 0.228 e. The van der Waals surface area contributed by atoms with Crippen molar-refractivity contribution in [1.82, 2.24) is 15.2 Å². The molecule has 0 atom stereocenters. The number of aromatic nitrogens is 3. The van der Waals surface area contributed by atoms with E-state index in [2.05, 4.69) is 20.5 Å². The van der Waals surface area contributed by atoms with Crippen LogP contribution < -0.4 is 5.32 Å². The van der Waals surface area contributed by atoms with Gasteiger partial charge in [-0.2, -0.15) is 5.10 Å². The van der Waals surface area contributed by atoms with E-state index >= 15 is 0 Å². The summed E-state index contributed by atoms with van der Waals surface area (Å²) in [6.45, 7) is 0. The van der Waals surface area contributed by atoms with Gasteiger partial charge in [-0.1, -0.05) is 36.4 Å². The molecule has 118 valence electrons. The van der Waals surface area contributed by atoms with E-state index in [1.54, 1.807) is 6.20 Å². The van der Waals surface area contributed by atoms with Crippen LogP contribution >= 0.6 is 0 Å². The molecule has 2 heterocycles. The number of aromatic amines is 2. The Labute approximate surface area is 138 Å². The molecule has 0 saturated carbocycles. The summed E-state index contributed by atoms with van der Waals surface area (Å²) in [7, 11) is 0. The van der Waals surface area contributed by atoms with Crippen LogP contribution in [0.15, 0.2) is 67.0 Å². The second-order valence-corrected chi connectivity index (χ2v) is 5.65. The standard InChI is InChI=1S/C19H16N4O/c24-19(9-13-5-2-1-3-6-13)23-17-8-4-7-16-15(17)10-18(22-16)14-11-20-21-12-14/h1-8,10-12,22H,9H2,(H,20,21)(H,23,24). The summed E-state index contributed by atoms with van der Waals surface area (Å²) >= 11 is 0. The molecule has 2 aromatic carbocycles. The van der Waals surface area contributed by atoms with E-state index < -0.39 is 0 Å². The maximum Gasteiger partial charge on any atom is 0.228 e. The fraction of sp³-hybridized carbons (Fsp3) is 0.0526. The van der Waals surface area contributed by atoms with Gasteiger partial charge in [0.15, 0.2) is 0 Å². The number of rotatable bonds is 4. The zero-order chi connectivity index (χ0) is 16.4. The molecule has 24 heavy (non-hydrogen) atoms. The number of carbonyl (C=O) groups is 1. The third-order valence-electron chi connectivity index (χ3n) is 3.95. The fourth-order valence-corrected chi connectivity index (χ4v) is 2.79. The molecule has 5 nitrogen and oxygen atoms in total. The first-order valence-corrected chi connectivity index (χ1v) is 7.74. The first-order valence-electron chi connectivity index (χ1n) is 7.74. The van der Waals surface area contributed by atoms with Crippen molar-refractivity contribution in [3.63, 3.8) is 0 Å². The number of benzene rings is 2. The summed E-state index contributed by atoms with van der Waals surface area (Å²) < 4.78 is 0. The number of hydrogen-bond acceptors (Lipinski definition) is 2. The molecule has 5 heteroatoms. The Kier molecular flexibility index (Phi) is 3.59. The molecule has 0 aliphatic rings. The van der Waals surface area contributed by atoms with Crippen molar-refractivity contribution in [3.05, 3.63) is 72.6 Å². The van der Waals surface area contributed by atoms with Crippen LogP contribution in [0.25, 0.3) is 22.2 Å². The van der Waals surface area contributed by atoms with E-state index in [1.165, 1.54) is 0 Å². The lowest BCUT2D eigenvalue weighted by molar-refractivity contribution is -0.115. The third-order valence-corrected chi connectivity index (χ3v) is 3.95. The van der Waals surface area contributed by atoms with Gasteiger partial charge < -0.3 is 10.3 Å². The SMILES string of the molecule is O=C(Cc1ccccc1)Nc1cccc2[nH]c(-c3cn[nH]c3)cc12. The normalized spacial score (nSPS) is 10.8. The van der Waals surface area contributed by atoms with Gasteiger partial charge in [-0.3, -0.25) is 9.89 Å². The molecule has 2 aromatic heterocycles. The van der Waals surface area contributed by atoms with Crippen molar-refractivity contribution < 1.29 is 4.79 Å². The van der Waals surface area contributed by atoms with Crippen molar-refractivity contribution in [2.24, 2.45) is 0 Å². The minimum Gasteiger partial charge on any atom is -0.354 e. The number of amides is 1. The maximum absolute atomic E-state index is 12.3. The van der Waals surface area contributed by atoms with E-state index in [-0.39, 0.29) is 5.91 Å². The number of anilines is 1. The maximum atomic E-state index is 12.3. The van der Waals surface area contributed by atoms with Crippen molar-refractivity contribution in [3.8, 4) is 11.3 Å². The van der Waals surface area contributed by atoms with Crippen LogP contribution in [-0.2, 0) is 11.2 Å². The first-order chi connectivity index (χ1) is 11.8. The molecule has 0 spiro atoms. The molecule has 1 amide bonds. The predicted octanol–water partition coefficient (Wildman–Crippen LogP) is 3.74. The molecular weight excluding hydrogens is 300 g/mol. The van der Waals surface area contributed by atoms with E-state index in [1.807, 2.05) is 60.8 Å². The van der Waals surface area contributed by atoms with E-state index in [4.69, 9.17) is 0 Å². The molecule has 4 aromatic rings. The lowest BCUT2D eigenvalue weighted by Gasteiger charge is -2.06. The highest BCUT2D eigenvalue weighted by atomic mass is 16.1. The molecule has 0 radical (unpaired) electrons. The first kappa shape index (κ1) is 14.3. The summed E-state index contributed by atoms with van der Waals surface area (Å²) in [4.78, 5) is 15.7. The van der Waals surface area contributed by atoms with Gasteiger partial charge in [-0.05, 0) is 23.8 Å². The summed E-state index contributed by atoms with van der Waals surface area (Å²) in [5, 5.41) is 10.8. The minimum atomic E-state index is -0.0280. The highest BCUT2D eigenvalue weighted by Gasteiger charge is 2.10. The lowest BCUT2D eigenvalue weighted by Crippen LogP contribution is -2.14. The van der Waals surface area contributed by atoms with Crippen LogP contribution in [0.2, 0.25) is 0 Å². The third kappa shape index (κ3) is 2.79. The molecular formula is C19H16N4O. The molecule has 0 saturated heterocycles. The molecule has 0 aliphatic heterocycles. The molecule has 4 rings (SSSR count). The zero-order valence-corrected chi connectivity index (χ0v) is 12.9. The summed E-state index contributed by atoms with van der Waals surface area (Å²) in [5.41, 5.74) is 4.72. The predicted molar refractivity (Wildman–Crippen MR) is 94.7 cm³/mol. The van der Waals surface area contributed by atoms with Crippen LogP contribution in [0.4, 0.5) is 5.69 Å². The molecule has 0 aliphatic carbocycles. The number of H-pyrrole nitrogens is 2. The van der Waals surface area contributed by atoms with Gasteiger partial charge in [0, 0.05) is 28.4 Å². The van der Waals surface area contributed by atoms with Crippen molar-refractivity contribution in [1.29, 1.82) is 0 Å². The number of nitrogens with zero attached hydrogens (tertiary/aromatic N) is 1. The highest BCUT2D eigenvalue weighted by Crippen LogP contribution is 2.28. The Bertz CT molecular complexity index is 971. The van der Waals surface area contributed by atoms with Gasteiger partial charge >= 0.3 is 0 Å². The van der Waals surface area contributed by atoms with Crippen LogP contribution in [-0.4, -0.2) is 21.1 Å². The average molecular weight is 316 g/mol.